The molecule has 0 aromatic rings. The van der Waals surface area contributed by atoms with Crippen molar-refractivity contribution in [1.82, 2.24) is 0 Å². The van der Waals surface area contributed by atoms with E-state index >= 15 is 0 Å². The maximum atomic E-state index is 10.8. The Morgan fingerprint density at radius 2 is 2.36 bits per heavy atom. The van der Waals surface area contributed by atoms with Gasteiger partial charge < -0.3 is 15.2 Å². The van der Waals surface area contributed by atoms with Gasteiger partial charge in [-0.05, 0) is 6.92 Å². The fraction of sp³-hybridized carbons (Fsp3) is 0.400. The lowest BCUT2D eigenvalue weighted by Gasteiger charge is -2.05. The van der Waals surface area contributed by atoms with Crippen molar-refractivity contribution in [2.75, 3.05) is 6.54 Å². The van der Waals surface area contributed by atoms with Crippen molar-refractivity contribution in [2.45, 2.75) is 6.92 Å². The maximum Gasteiger partial charge on any atom is 0.402 e. The van der Waals surface area contributed by atoms with E-state index in [0.717, 1.165) is 5.82 Å². The van der Waals surface area contributed by atoms with Gasteiger partial charge in [-0.2, -0.15) is 0 Å². The van der Waals surface area contributed by atoms with Gasteiger partial charge in [-0.1, -0.05) is 6.08 Å². The molecular weight excluding hydrogens is 169 g/mol. The van der Waals surface area contributed by atoms with Crippen LogP contribution in [0.4, 0.5) is 0 Å². The number of rotatable bonds is 3. The molecule has 6 heteroatoms. The largest absolute Gasteiger partial charge is 0.402 e. The average Bonchev–Trinajstić information content (AvgIpc) is 1.86. The van der Waals surface area contributed by atoms with Gasteiger partial charge in [0.15, 0.2) is 0 Å². The lowest BCUT2D eigenvalue weighted by molar-refractivity contribution is -0.133. The highest BCUT2D eigenvalue weighted by molar-refractivity contribution is 7.56. The summed E-state index contributed by atoms with van der Waals surface area (Å²) in [6, 6.07) is 0. The number of hydrogen-bond acceptors (Lipinski definition) is 4. The number of carbonyl (C=O) groups excluding carboxylic acids is 1. The third kappa shape index (κ3) is 4.72. The predicted molar refractivity (Wildman–Crippen MR) is 39.8 cm³/mol. The van der Waals surface area contributed by atoms with Crippen LogP contribution in [0.5, 0.6) is 0 Å². The van der Waals surface area contributed by atoms with Crippen LogP contribution in [0, 0.1) is 0 Å². The topological polar surface area (TPSA) is 89.6 Å². The van der Waals surface area contributed by atoms with E-state index < -0.39 is 20.1 Å². The molecule has 0 aliphatic rings. The summed E-state index contributed by atoms with van der Waals surface area (Å²) in [5.74, 6) is 0.0227. The second-order valence-corrected chi connectivity index (χ2v) is 3.32. The lowest BCUT2D eigenvalue weighted by Crippen LogP contribution is -2.14. The standard InChI is InChI=1S/C5H10NO4P/c1-2-3-11(8,9)10-5(7)4-6/h2-3H,4,6H2,1H3,(H,8,9). The minimum Gasteiger partial charge on any atom is -0.388 e. The van der Waals surface area contributed by atoms with Crippen LogP contribution >= 0.6 is 7.60 Å². The highest BCUT2D eigenvalue weighted by Crippen LogP contribution is 2.43. The van der Waals surface area contributed by atoms with Gasteiger partial charge in [0.1, 0.15) is 0 Å². The molecule has 64 valence electrons. The Balaban J connectivity index is 4.13. The quantitative estimate of drug-likeness (QED) is 0.604. The van der Waals surface area contributed by atoms with Crippen LogP contribution in [0.1, 0.15) is 6.92 Å². The average molecular weight is 179 g/mol. The number of carbonyl (C=O) groups is 1. The molecule has 0 saturated heterocycles. The molecule has 1 atom stereocenters. The normalized spacial score (nSPS) is 16.3. The molecule has 0 rings (SSSR count). The molecular formula is C5H10NO4P. The van der Waals surface area contributed by atoms with Crippen LogP contribution < -0.4 is 5.73 Å². The molecule has 0 fully saturated rings. The third-order valence-electron chi connectivity index (χ3n) is 0.737. The minimum absolute atomic E-state index is 0.401. The van der Waals surface area contributed by atoms with Crippen molar-refractivity contribution in [2.24, 2.45) is 5.73 Å². The van der Waals surface area contributed by atoms with Gasteiger partial charge in [0, 0.05) is 5.82 Å². The molecule has 0 aromatic heterocycles. The van der Waals surface area contributed by atoms with E-state index in [1.807, 2.05) is 0 Å². The zero-order chi connectivity index (χ0) is 8.91. The number of nitrogens with two attached hydrogens (primary N) is 1. The first-order valence-electron chi connectivity index (χ1n) is 2.90. The van der Waals surface area contributed by atoms with E-state index in [1.54, 1.807) is 6.92 Å². The minimum atomic E-state index is -3.88. The fourth-order valence-corrected chi connectivity index (χ4v) is 1.21. The summed E-state index contributed by atoms with van der Waals surface area (Å²) in [4.78, 5) is 19.2. The Labute approximate surface area is 64.4 Å². The summed E-state index contributed by atoms with van der Waals surface area (Å²) < 4.78 is 14.8. The first-order valence-corrected chi connectivity index (χ1v) is 4.55. The van der Waals surface area contributed by atoms with E-state index in [9.17, 15) is 9.36 Å². The van der Waals surface area contributed by atoms with Crippen molar-refractivity contribution < 1.29 is 18.8 Å². The molecule has 0 aliphatic heterocycles. The predicted octanol–water partition coefficient (Wildman–Crippen LogP) is 0.207. The highest BCUT2D eigenvalue weighted by Gasteiger charge is 2.18. The lowest BCUT2D eigenvalue weighted by atomic mass is 10.7. The number of hydrogen-bond donors (Lipinski definition) is 2. The third-order valence-corrected chi connectivity index (χ3v) is 1.88. The first-order chi connectivity index (χ1) is 5.02. The van der Waals surface area contributed by atoms with E-state index in [-0.39, 0.29) is 0 Å². The van der Waals surface area contributed by atoms with Gasteiger partial charge in [-0.25, -0.2) is 4.57 Å². The van der Waals surface area contributed by atoms with Gasteiger partial charge >= 0.3 is 13.6 Å². The van der Waals surface area contributed by atoms with Gasteiger partial charge in [-0.3, -0.25) is 4.79 Å². The van der Waals surface area contributed by atoms with Crippen LogP contribution in [0.2, 0.25) is 0 Å². The molecule has 3 N–H and O–H groups in total. The molecule has 0 saturated carbocycles. The molecule has 0 radical (unpaired) electrons. The molecule has 0 aromatic carbocycles. The monoisotopic (exact) mass is 179 g/mol. The Kier molecular flexibility index (Phi) is 4.03. The Bertz CT molecular complexity index is 213. The van der Waals surface area contributed by atoms with E-state index in [0.29, 0.717) is 0 Å². The molecule has 0 spiro atoms. The molecule has 0 heterocycles. The molecule has 0 bridgehead atoms. The van der Waals surface area contributed by atoms with E-state index in [2.05, 4.69) is 4.52 Å². The number of allylic oxidation sites excluding steroid dienone is 1. The molecule has 5 nitrogen and oxygen atoms in total. The Morgan fingerprint density at radius 3 is 2.73 bits per heavy atom. The molecule has 0 amide bonds. The second kappa shape index (κ2) is 4.28. The Hall–Kier alpha value is -0.640. The molecule has 1 unspecified atom stereocenters. The summed E-state index contributed by atoms with van der Waals surface area (Å²) in [6.45, 7) is 1.14. The summed E-state index contributed by atoms with van der Waals surface area (Å²) >= 11 is 0. The summed E-state index contributed by atoms with van der Waals surface area (Å²) in [7, 11) is -3.88. The molecule has 0 aliphatic carbocycles. The van der Waals surface area contributed by atoms with E-state index in [1.165, 1.54) is 6.08 Å². The van der Waals surface area contributed by atoms with Gasteiger partial charge in [0.05, 0.1) is 6.54 Å². The zero-order valence-electron chi connectivity index (χ0n) is 6.06. The maximum absolute atomic E-state index is 10.8. The SMILES string of the molecule is CC=CP(=O)(O)OC(=O)CN. The van der Waals surface area contributed by atoms with Gasteiger partial charge in [0.25, 0.3) is 0 Å². The van der Waals surface area contributed by atoms with Gasteiger partial charge in [-0.15, -0.1) is 0 Å². The first kappa shape index (κ1) is 10.4. The van der Waals surface area contributed by atoms with E-state index in [4.69, 9.17) is 10.6 Å². The zero-order valence-corrected chi connectivity index (χ0v) is 6.95. The summed E-state index contributed by atoms with van der Waals surface area (Å²) in [5, 5.41) is 0. The molecule has 11 heavy (non-hydrogen) atoms. The highest BCUT2D eigenvalue weighted by atomic mass is 31.2. The van der Waals surface area contributed by atoms with Crippen molar-refractivity contribution in [1.29, 1.82) is 0 Å². The van der Waals surface area contributed by atoms with Crippen LogP contribution in [-0.2, 0) is 13.9 Å². The van der Waals surface area contributed by atoms with Crippen molar-refractivity contribution in [3.05, 3.63) is 11.9 Å². The van der Waals surface area contributed by atoms with Crippen LogP contribution in [-0.4, -0.2) is 17.4 Å². The fourth-order valence-electron chi connectivity index (χ4n) is 0.402. The summed E-state index contributed by atoms with van der Waals surface area (Å²) in [6.07, 6.45) is 1.32. The van der Waals surface area contributed by atoms with Crippen LogP contribution in [0.3, 0.4) is 0 Å². The van der Waals surface area contributed by atoms with Crippen LogP contribution in [0.25, 0.3) is 0 Å². The Morgan fingerprint density at radius 1 is 1.82 bits per heavy atom. The van der Waals surface area contributed by atoms with Crippen LogP contribution in [0.15, 0.2) is 11.9 Å². The van der Waals surface area contributed by atoms with Crippen molar-refractivity contribution >= 4 is 13.6 Å². The van der Waals surface area contributed by atoms with Crippen molar-refractivity contribution in [3.8, 4) is 0 Å². The van der Waals surface area contributed by atoms with Gasteiger partial charge in [0.2, 0.25) is 0 Å². The smallest absolute Gasteiger partial charge is 0.388 e. The summed E-state index contributed by atoms with van der Waals surface area (Å²) in [5.41, 5.74) is 4.84. The second-order valence-electron chi connectivity index (χ2n) is 1.71. The van der Waals surface area contributed by atoms with Crippen molar-refractivity contribution in [3.63, 3.8) is 0 Å².